The van der Waals surface area contributed by atoms with Crippen LogP contribution in [0, 0.1) is 0 Å². The van der Waals surface area contributed by atoms with Crippen LogP contribution >= 0.6 is 0 Å². The lowest BCUT2D eigenvalue weighted by molar-refractivity contribution is -0.274. The Balaban J connectivity index is 1.80. The average molecular weight is 327 g/mol. The van der Waals surface area contributed by atoms with E-state index in [1.807, 2.05) is 10.9 Å². The normalized spacial score (nSPS) is 16.5. The van der Waals surface area contributed by atoms with Crippen LogP contribution in [0.4, 0.5) is 18.9 Å². The Morgan fingerprint density at radius 3 is 2.65 bits per heavy atom. The standard InChI is InChI=1S/C15H16F3N3O2/c16-15(17,18)23-12-1-2-13(14(19)7-12)10-8-20-21(9-10)11-3-5-22-6-4-11/h1-2,7-9,11H,3-6,19H2. The van der Waals surface area contributed by atoms with E-state index in [-0.39, 0.29) is 17.5 Å². The van der Waals surface area contributed by atoms with Gasteiger partial charge in [-0.1, -0.05) is 0 Å². The third-order valence-electron chi connectivity index (χ3n) is 3.73. The highest BCUT2D eigenvalue weighted by Gasteiger charge is 2.31. The number of hydrogen-bond acceptors (Lipinski definition) is 4. The van der Waals surface area contributed by atoms with Crippen molar-refractivity contribution < 1.29 is 22.6 Å². The second-order valence-electron chi connectivity index (χ2n) is 5.35. The number of rotatable bonds is 3. The minimum absolute atomic E-state index is 0.207. The number of alkyl halides is 3. The number of halogens is 3. The van der Waals surface area contributed by atoms with Gasteiger partial charge in [-0.3, -0.25) is 4.68 Å². The molecule has 2 N–H and O–H groups in total. The Bertz CT molecular complexity index is 679. The van der Waals surface area contributed by atoms with E-state index in [2.05, 4.69) is 9.84 Å². The highest BCUT2D eigenvalue weighted by molar-refractivity contribution is 5.76. The van der Waals surface area contributed by atoms with Crippen molar-refractivity contribution in [1.82, 2.24) is 9.78 Å². The van der Waals surface area contributed by atoms with Crippen molar-refractivity contribution >= 4 is 5.69 Å². The minimum atomic E-state index is -4.73. The van der Waals surface area contributed by atoms with Crippen molar-refractivity contribution in [3.63, 3.8) is 0 Å². The first-order chi connectivity index (χ1) is 10.9. The van der Waals surface area contributed by atoms with Crippen LogP contribution in [0.3, 0.4) is 0 Å². The second-order valence-corrected chi connectivity index (χ2v) is 5.35. The van der Waals surface area contributed by atoms with Crippen LogP contribution in [0.1, 0.15) is 18.9 Å². The first kappa shape index (κ1) is 15.7. The molecule has 23 heavy (non-hydrogen) atoms. The van der Waals surface area contributed by atoms with Gasteiger partial charge >= 0.3 is 6.36 Å². The lowest BCUT2D eigenvalue weighted by Gasteiger charge is -2.22. The number of benzene rings is 1. The van der Waals surface area contributed by atoms with E-state index in [9.17, 15) is 13.2 Å². The van der Waals surface area contributed by atoms with Crippen molar-refractivity contribution in [1.29, 1.82) is 0 Å². The first-order valence-corrected chi connectivity index (χ1v) is 7.20. The molecule has 1 aliphatic rings. The highest BCUT2D eigenvalue weighted by atomic mass is 19.4. The van der Waals surface area contributed by atoms with Crippen molar-refractivity contribution in [2.24, 2.45) is 0 Å². The third-order valence-corrected chi connectivity index (χ3v) is 3.73. The van der Waals surface area contributed by atoms with Gasteiger partial charge < -0.3 is 15.2 Å². The summed E-state index contributed by atoms with van der Waals surface area (Å²) in [4.78, 5) is 0. The zero-order chi connectivity index (χ0) is 16.4. The molecule has 2 heterocycles. The van der Waals surface area contributed by atoms with E-state index >= 15 is 0 Å². The monoisotopic (exact) mass is 327 g/mol. The zero-order valence-corrected chi connectivity index (χ0v) is 12.2. The number of nitrogen functional groups attached to an aromatic ring is 1. The molecule has 0 atom stereocenters. The second kappa shape index (κ2) is 6.11. The molecule has 8 heteroatoms. The fraction of sp³-hybridized carbons (Fsp3) is 0.400. The van der Waals surface area contributed by atoms with E-state index in [0.29, 0.717) is 18.8 Å². The molecular formula is C15H16F3N3O2. The van der Waals surface area contributed by atoms with Crippen LogP contribution in [0.5, 0.6) is 5.75 Å². The van der Waals surface area contributed by atoms with Gasteiger partial charge in [0.15, 0.2) is 0 Å². The maximum Gasteiger partial charge on any atom is 0.573 e. The lowest BCUT2D eigenvalue weighted by atomic mass is 10.1. The van der Waals surface area contributed by atoms with Crippen LogP contribution in [0.25, 0.3) is 11.1 Å². The molecule has 0 amide bonds. The van der Waals surface area contributed by atoms with Gasteiger partial charge in [0.1, 0.15) is 5.75 Å². The molecule has 124 valence electrons. The number of nitrogens with zero attached hydrogens (tertiary/aromatic N) is 2. The summed E-state index contributed by atoms with van der Waals surface area (Å²) in [6, 6.07) is 4.17. The average Bonchev–Trinajstić information content (AvgIpc) is 2.96. The minimum Gasteiger partial charge on any atom is -0.406 e. The molecule has 5 nitrogen and oxygen atoms in total. The van der Waals surface area contributed by atoms with E-state index in [1.54, 1.807) is 6.20 Å². The molecule has 0 unspecified atom stereocenters. The molecule has 1 aromatic heterocycles. The Hall–Kier alpha value is -2.22. The topological polar surface area (TPSA) is 62.3 Å². The molecule has 1 aromatic carbocycles. The van der Waals surface area contributed by atoms with Crippen LogP contribution < -0.4 is 10.5 Å². The van der Waals surface area contributed by atoms with E-state index in [1.165, 1.54) is 12.1 Å². The van der Waals surface area contributed by atoms with Gasteiger partial charge in [-0.05, 0) is 25.0 Å². The maximum absolute atomic E-state index is 12.2. The molecule has 2 aromatic rings. The van der Waals surface area contributed by atoms with Crippen LogP contribution in [-0.2, 0) is 4.74 Å². The van der Waals surface area contributed by atoms with Crippen LogP contribution in [0.2, 0.25) is 0 Å². The van der Waals surface area contributed by atoms with Gasteiger partial charge in [-0.25, -0.2) is 0 Å². The molecular weight excluding hydrogens is 311 g/mol. The maximum atomic E-state index is 12.2. The van der Waals surface area contributed by atoms with Gasteiger partial charge in [0.25, 0.3) is 0 Å². The molecule has 0 aliphatic carbocycles. The first-order valence-electron chi connectivity index (χ1n) is 7.20. The molecule has 1 fully saturated rings. The number of anilines is 1. The predicted octanol–water partition coefficient (Wildman–Crippen LogP) is 3.38. The molecule has 1 saturated heterocycles. The van der Waals surface area contributed by atoms with E-state index in [0.717, 1.165) is 24.5 Å². The molecule has 3 rings (SSSR count). The lowest BCUT2D eigenvalue weighted by Crippen LogP contribution is -2.19. The molecule has 1 aliphatic heterocycles. The summed E-state index contributed by atoms with van der Waals surface area (Å²) >= 11 is 0. The quantitative estimate of drug-likeness (QED) is 0.878. The summed E-state index contributed by atoms with van der Waals surface area (Å²) in [5, 5.41) is 4.33. The van der Waals surface area contributed by atoms with Crippen LogP contribution in [0.15, 0.2) is 30.6 Å². The summed E-state index contributed by atoms with van der Waals surface area (Å²) in [6.07, 6.45) is 0.545. The summed E-state index contributed by atoms with van der Waals surface area (Å²) in [5.41, 5.74) is 7.44. The van der Waals surface area contributed by atoms with Gasteiger partial charge in [0.05, 0.1) is 12.2 Å². The number of nitrogens with two attached hydrogens (primary N) is 1. The molecule has 0 radical (unpaired) electrons. The smallest absolute Gasteiger partial charge is 0.406 e. The van der Waals surface area contributed by atoms with Gasteiger partial charge in [0.2, 0.25) is 0 Å². The Labute approximate surface area is 130 Å². The van der Waals surface area contributed by atoms with Crippen molar-refractivity contribution in [3.8, 4) is 16.9 Å². The fourth-order valence-corrected chi connectivity index (χ4v) is 2.63. The number of aromatic nitrogens is 2. The summed E-state index contributed by atoms with van der Waals surface area (Å²) < 4.78 is 47.7. The fourth-order valence-electron chi connectivity index (χ4n) is 2.63. The molecule has 0 spiro atoms. The van der Waals surface area contributed by atoms with Crippen molar-refractivity contribution in [3.05, 3.63) is 30.6 Å². The van der Waals surface area contributed by atoms with Gasteiger partial charge in [-0.15, -0.1) is 13.2 Å². The SMILES string of the molecule is Nc1cc(OC(F)(F)F)ccc1-c1cnn(C2CCOCC2)c1. The summed E-state index contributed by atoms with van der Waals surface area (Å²) in [7, 11) is 0. The zero-order valence-electron chi connectivity index (χ0n) is 12.2. The third kappa shape index (κ3) is 3.76. The van der Waals surface area contributed by atoms with Gasteiger partial charge in [0, 0.05) is 42.3 Å². The Morgan fingerprint density at radius 2 is 2.00 bits per heavy atom. The van der Waals surface area contributed by atoms with E-state index in [4.69, 9.17) is 10.5 Å². The van der Waals surface area contributed by atoms with Gasteiger partial charge in [-0.2, -0.15) is 5.10 Å². The Morgan fingerprint density at radius 1 is 1.26 bits per heavy atom. The Kier molecular flexibility index (Phi) is 4.16. The summed E-state index contributed by atoms with van der Waals surface area (Å²) in [5.74, 6) is -0.337. The largest absolute Gasteiger partial charge is 0.573 e. The molecule has 0 bridgehead atoms. The van der Waals surface area contributed by atoms with Crippen LogP contribution in [-0.4, -0.2) is 29.4 Å². The van der Waals surface area contributed by atoms with E-state index < -0.39 is 6.36 Å². The highest BCUT2D eigenvalue weighted by Crippen LogP contribution is 2.32. The van der Waals surface area contributed by atoms with Crippen molar-refractivity contribution in [2.45, 2.75) is 25.2 Å². The predicted molar refractivity (Wildman–Crippen MR) is 77.8 cm³/mol. The molecule has 0 saturated carbocycles. The number of ether oxygens (including phenoxy) is 2. The number of hydrogen-bond donors (Lipinski definition) is 1. The van der Waals surface area contributed by atoms with Crippen molar-refractivity contribution in [2.75, 3.05) is 18.9 Å². The summed E-state index contributed by atoms with van der Waals surface area (Å²) in [6.45, 7) is 1.40.